The predicted octanol–water partition coefficient (Wildman–Crippen LogP) is 0.941. The minimum Gasteiger partial charge on any atom is -0.401 e. The number of rotatable bonds is 2. The molecule has 1 aromatic rings. The number of benzene rings is 1. The van der Waals surface area contributed by atoms with Gasteiger partial charge in [0.25, 0.3) is 0 Å². The van der Waals surface area contributed by atoms with Crippen LogP contribution in [-0.2, 0) is 11.1 Å². The number of hydrogen-bond donors (Lipinski definition) is 1. The molecule has 1 aromatic carbocycles. The quantitative estimate of drug-likeness (QED) is 0.674. The molecule has 0 aliphatic heterocycles. The molecule has 1 unspecified atom stereocenters. The van der Waals surface area contributed by atoms with Crippen LogP contribution >= 0.6 is 0 Å². The fourth-order valence-electron chi connectivity index (χ4n) is 0.659. The Labute approximate surface area is 67.8 Å². The first-order valence-corrected chi connectivity index (χ1v) is 4.54. The van der Waals surface area contributed by atoms with Crippen LogP contribution in [0.15, 0.2) is 24.3 Å². The molecule has 0 bridgehead atoms. The van der Waals surface area contributed by atoms with Gasteiger partial charge in [-0.1, -0.05) is 0 Å². The molecule has 0 saturated carbocycles. The summed E-state index contributed by atoms with van der Waals surface area (Å²) in [6.45, 7) is 0. The first-order chi connectivity index (χ1) is 5.18. The Kier molecular flexibility index (Phi) is 2.48. The molecule has 4 heteroatoms. The smallest absolute Gasteiger partial charge is 0.203 e. The van der Waals surface area contributed by atoms with Gasteiger partial charge in [-0.05, 0) is 24.3 Å². The fourth-order valence-corrected chi connectivity index (χ4v) is 1.04. The Bertz CT molecular complexity index is 258. The maximum absolute atomic E-state index is 10.6. The Balaban J connectivity index is 2.74. The van der Waals surface area contributed by atoms with E-state index in [2.05, 4.69) is 0 Å². The number of hydrogen-bond acceptors (Lipinski definition) is 3. The van der Waals surface area contributed by atoms with Crippen molar-refractivity contribution in [1.29, 1.82) is 0 Å². The average Bonchev–Trinajstić information content (AvgIpc) is 1.93. The Morgan fingerprint density at radius 2 is 1.91 bits per heavy atom. The molecule has 0 radical (unpaired) electrons. The van der Waals surface area contributed by atoms with Gasteiger partial charge in [-0.25, -0.2) is 4.21 Å². The van der Waals surface area contributed by atoms with Crippen molar-refractivity contribution in [2.75, 3.05) is 12.0 Å². The standard InChI is InChI=1S/C7H9NO2S/c1-11(9)10-7-4-2-6(8)3-5-7/h2-5H,8H2,1H3. The normalized spacial score (nSPS) is 12.5. The Morgan fingerprint density at radius 3 is 2.36 bits per heavy atom. The summed E-state index contributed by atoms with van der Waals surface area (Å²) in [4.78, 5) is 0. The predicted molar refractivity (Wildman–Crippen MR) is 45.5 cm³/mol. The van der Waals surface area contributed by atoms with Crippen LogP contribution in [0.4, 0.5) is 5.69 Å². The maximum atomic E-state index is 10.6. The third kappa shape index (κ3) is 2.59. The zero-order chi connectivity index (χ0) is 8.27. The largest absolute Gasteiger partial charge is 0.401 e. The van der Waals surface area contributed by atoms with Gasteiger partial charge in [0.05, 0.1) is 0 Å². The zero-order valence-corrected chi connectivity index (χ0v) is 6.93. The number of nitrogen functional groups attached to an aromatic ring is 1. The molecule has 0 heterocycles. The molecule has 1 atom stereocenters. The van der Waals surface area contributed by atoms with E-state index in [0.29, 0.717) is 11.4 Å². The van der Waals surface area contributed by atoms with E-state index in [1.54, 1.807) is 24.3 Å². The minimum absolute atomic E-state index is 0.569. The summed E-state index contributed by atoms with van der Waals surface area (Å²) in [6, 6.07) is 6.75. The molecule has 0 aliphatic rings. The second kappa shape index (κ2) is 3.39. The third-order valence-corrected chi connectivity index (χ3v) is 1.52. The van der Waals surface area contributed by atoms with Crippen LogP contribution in [0, 0.1) is 0 Å². The van der Waals surface area contributed by atoms with Crippen molar-refractivity contribution in [2.45, 2.75) is 0 Å². The molecule has 0 amide bonds. The van der Waals surface area contributed by atoms with Gasteiger partial charge in [-0.15, -0.1) is 0 Å². The van der Waals surface area contributed by atoms with Gasteiger partial charge < -0.3 is 9.92 Å². The highest BCUT2D eigenvalue weighted by molar-refractivity contribution is 7.79. The summed E-state index contributed by atoms with van der Waals surface area (Å²) < 4.78 is 15.4. The van der Waals surface area contributed by atoms with Crippen molar-refractivity contribution in [2.24, 2.45) is 0 Å². The fraction of sp³-hybridized carbons (Fsp3) is 0.143. The van der Waals surface area contributed by atoms with Gasteiger partial charge in [-0.2, -0.15) is 0 Å². The summed E-state index contributed by atoms with van der Waals surface area (Å²) in [6.07, 6.45) is 1.47. The molecule has 0 saturated heterocycles. The van der Waals surface area contributed by atoms with E-state index in [1.165, 1.54) is 6.26 Å². The topological polar surface area (TPSA) is 52.3 Å². The van der Waals surface area contributed by atoms with Gasteiger partial charge >= 0.3 is 0 Å². The number of nitrogens with two attached hydrogens (primary N) is 1. The highest BCUT2D eigenvalue weighted by Gasteiger charge is 1.94. The van der Waals surface area contributed by atoms with Crippen molar-refractivity contribution >= 4 is 16.8 Å². The molecule has 0 aliphatic carbocycles. The van der Waals surface area contributed by atoms with Gasteiger partial charge in [0.15, 0.2) is 0 Å². The van der Waals surface area contributed by atoms with Crippen molar-refractivity contribution in [3.63, 3.8) is 0 Å². The second-order valence-corrected chi connectivity index (χ2v) is 3.02. The van der Waals surface area contributed by atoms with Crippen molar-refractivity contribution in [3.8, 4) is 5.75 Å². The molecular weight excluding hydrogens is 162 g/mol. The van der Waals surface area contributed by atoms with E-state index in [-0.39, 0.29) is 0 Å². The lowest BCUT2D eigenvalue weighted by Crippen LogP contribution is -1.96. The lowest BCUT2D eigenvalue weighted by atomic mass is 10.3. The van der Waals surface area contributed by atoms with Crippen LogP contribution in [0.1, 0.15) is 0 Å². The summed E-state index contributed by atoms with van der Waals surface area (Å²) >= 11 is -1.26. The lowest BCUT2D eigenvalue weighted by Gasteiger charge is -1.99. The number of anilines is 1. The summed E-state index contributed by atoms with van der Waals surface area (Å²) in [5.41, 5.74) is 6.09. The molecule has 11 heavy (non-hydrogen) atoms. The first kappa shape index (κ1) is 8.07. The van der Waals surface area contributed by atoms with Crippen LogP contribution in [0.5, 0.6) is 5.75 Å². The van der Waals surface area contributed by atoms with E-state index in [4.69, 9.17) is 9.92 Å². The Morgan fingerprint density at radius 1 is 1.36 bits per heavy atom. The van der Waals surface area contributed by atoms with Gasteiger partial charge in [0.1, 0.15) is 5.75 Å². The van der Waals surface area contributed by atoms with Crippen molar-refractivity contribution in [1.82, 2.24) is 0 Å². The molecule has 3 nitrogen and oxygen atoms in total. The monoisotopic (exact) mass is 171 g/mol. The highest BCUT2D eigenvalue weighted by atomic mass is 32.2. The van der Waals surface area contributed by atoms with E-state index in [0.717, 1.165) is 0 Å². The SMILES string of the molecule is CS(=O)Oc1ccc(N)cc1. The summed E-state index contributed by atoms with van der Waals surface area (Å²) in [5.74, 6) is 0.569. The van der Waals surface area contributed by atoms with E-state index < -0.39 is 11.1 Å². The van der Waals surface area contributed by atoms with Crippen molar-refractivity contribution < 1.29 is 8.39 Å². The molecule has 0 aromatic heterocycles. The molecule has 1 rings (SSSR count). The Hall–Kier alpha value is -1.03. The van der Waals surface area contributed by atoms with Crippen LogP contribution in [0.2, 0.25) is 0 Å². The van der Waals surface area contributed by atoms with E-state index >= 15 is 0 Å². The summed E-state index contributed by atoms with van der Waals surface area (Å²) in [5, 5.41) is 0. The first-order valence-electron chi connectivity index (χ1n) is 3.06. The van der Waals surface area contributed by atoms with E-state index in [9.17, 15) is 4.21 Å². The minimum atomic E-state index is -1.26. The molecule has 0 spiro atoms. The maximum Gasteiger partial charge on any atom is 0.203 e. The van der Waals surface area contributed by atoms with Crippen LogP contribution in [-0.4, -0.2) is 10.5 Å². The average molecular weight is 171 g/mol. The zero-order valence-electron chi connectivity index (χ0n) is 6.11. The lowest BCUT2D eigenvalue weighted by molar-refractivity contribution is 0.568. The molecule has 2 N–H and O–H groups in total. The van der Waals surface area contributed by atoms with Gasteiger partial charge in [-0.3, -0.25) is 0 Å². The summed E-state index contributed by atoms with van der Waals surface area (Å²) in [7, 11) is 0. The molecule has 0 fully saturated rings. The highest BCUT2D eigenvalue weighted by Crippen LogP contribution is 2.13. The molecule has 60 valence electrons. The molecular formula is C7H9NO2S. The second-order valence-electron chi connectivity index (χ2n) is 2.05. The van der Waals surface area contributed by atoms with Crippen LogP contribution in [0.3, 0.4) is 0 Å². The van der Waals surface area contributed by atoms with E-state index in [1.807, 2.05) is 0 Å². The van der Waals surface area contributed by atoms with Gasteiger partial charge in [0.2, 0.25) is 11.1 Å². The van der Waals surface area contributed by atoms with Crippen LogP contribution < -0.4 is 9.92 Å². The third-order valence-electron chi connectivity index (χ3n) is 1.09. The van der Waals surface area contributed by atoms with Gasteiger partial charge in [0, 0.05) is 11.9 Å². The van der Waals surface area contributed by atoms with Crippen molar-refractivity contribution in [3.05, 3.63) is 24.3 Å². The van der Waals surface area contributed by atoms with Crippen LogP contribution in [0.25, 0.3) is 0 Å².